The molecular formula is C21H31N5O3. The van der Waals surface area contributed by atoms with E-state index in [1.165, 1.54) is 18.9 Å². The number of imidazole rings is 1. The van der Waals surface area contributed by atoms with Gasteiger partial charge < -0.3 is 10.6 Å². The molecule has 2 aromatic rings. The maximum absolute atomic E-state index is 11.7. The number of amides is 2. The monoisotopic (exact) mass is 401 g/mol. The van der Waals surface area contributed by atoms with Crippen molar-refractivity contribution < 1.29 is 14.8 Å². The zero-order valence-electron chi connectivity index (χ0n) is 17.2. The molecule has 0 unspecified atom stereocenters. The summed E-state index contributed by atoms with van der Waals surface area (Å²) in [6.07, 6.45) is 10.6. The van der Waals surface area contributed by atoms with E-state index in [4.69, 9.17) is 10.2 Å². The first-order valence-corrected chi connectivity index (χ1v) is 10.2. The third kappa shape index (κ3) is 6.90. The number of nitrogens with one attached hydrogen (secondary N) is 3. The Morgan fingerprint density at radius 2 is 2.07 bits per heavy atom. The number of unbranched alkanes of at least 4 members (excludes halogenated alkanes) is 3. The summed E-state index contributed by atoms with van der Waals surface area (Å²) in [7, 11) is 0. The molecule has 0 saturated carbocycles. The van der Waals surface area contributed by atoms with E-state index in [1.807, 2.05) is 29.7 Å². The molecule has 2 heterocycles. The molecule has 0 fully saturated rings. The molecule has 0 aliphatic rings. The molecule has 0 aromatic carbocycles. The van der Waals surface area contributed by atoms with Crippen molar-refractivity contribution in [2.45, 2.75) is 52.4 Å². The second-order valence-electron chi connectivity index (χ2n) is 6.85. The van der Waals surface area contributed by atoms with Crippen molar-refractivity contribution in [1.29, 1.82) is 0 Å². The molecule has 2 rings (SSSR count). The molecule has 0 spiro atoms. The van der Waals surface area contributed by atoms with E-state index in [9.17, 15) is 9.59 Å². The van der Waals surface area contributed by atoms with E-state index in [0.717, 1.165) is 42.0 Å². The lowest BCUT2D eigenvalue weighted by Crippen LogP contribution is -2.25. The Hall–Kier alpha value is -2.87. The third-order valence-electron chi connectivity index (χ3n) is 4.55. The highest BCUT2D eigenvalue weighted by atomic mass is 16.5. The first kappa shape index (κ1) is 22.4. The van der Waals surface area contributed by atoms with Gasteiger partial charge in [-0.25, -0.2) is 10.5 Å². The molecule has 4 N–H and O–H groups in total. The van der Waals surface area contributed by atoms with Gasteiger partial charge in [0.2, 0.25) is 5.91 Å². The summed E-state index contributed by atoms with van der Waals surface area (Å²) in [5, 5.41) is 14.8. The molecule has 2 amide bonds. The summed E-state index contributed by atoms with van der Waals surface area (Å²) in [5.74, 6) is 0.342. The number of hydroxylamine groups is 1. The van der Waals surface area contributed by atoms with Gasteiger partial charge in [-0.3, -0.25) is 19.2 Å². The molecule has 0 bridgehead atoms. The fourth-order valence-electron chi connectivity index (χ4n) is 3.08. The Balaban J connectivity index is 2.20. The summed E-state index contributed by atoms with van der Waals surface area (Å²) < 4.78 is 1.97. The van der Waals surface area contributed by atoms with Crippen molar-refractivity contribution in [1.82, 2.24) is 20.2 Å². The number of aryl methyl sites for hydroxylation is 1. The summed E-state index contributed by atoms with van der Waals surface area (Å²) in [4.78, 5) is 27.7. The van der Waals surface area contributed by atoms with E-state index in [2.05, 4.69) is 17.6 Å². The highest BCUT2D eigenvalue weighted by Crippen LogP contribution is 2.22. The van der Waals surface area contributed by atoms with E-state index in [0.29, 0.717) is 19.5 Å². The maximum atomic E-state index is 11.7. The van der Waals surface area contributed by atoms with Gasteiger partial charge in [0.15, 0.2) is 0 Å². The number of nitrogens with zero attached hydrogens (tertiary/aromatic N) is 2. The molecule has 0 saturated heterocycles. The van der Waals surface area contributed by atoms with Crippen LogP contribution in [0.2, 0.25) is 0 Å². The van der Waals surface area contributed by atoms with Crippen molar-refractivity contribution in [3.05, 3.63) is 35.7 Å². The van der Waals surface area contributed by atoms with Gasteiger partial charge in [-0.2, -0.15) is 0 Å². The van der Waals surface area contributed by atoms with Crippen molar-refractivity contribution in [3.8, 4) is 0 Å². The minimum atomic E-state index is -0.586. The first-order valence-electron chi connectivity index (χ1n) is 10.2. The molecule has 0 aliphatic carbocycles. The van der Waals surface area contributed by atoms with E-state index in [-0.39, 0.29) is 5.91 Å². The molecule has 8 nitrogen and oxygen atoms in total. The molecule has 158 valence electrons. The third-order valence-corrected chi connectivity index (χ3v) is 4.55. The lowest BCUT2D eigenvalue weighted by molar-refractivity contribution is -0.124. The average Bonchev–Trinajstić information content (AvgIpc) is 3.06. The quantitative estimate of drug-likeness (QED) is 0.189. The summed E-state index contributed by atoms with van der Waals surface area (Å²) in [6.45, 7) is 5.24. The van der Waals surface area contributed by atoms with Crippen LogP contribution in [0, 0.1) is 0 Å². The van der Waals surface area contributed by atoms with Crippen LogP contribution in [0.3, 0.4) is 0 Å². The summed E-state index contributed by atoms with van der Waals surface area (Å²) in [5.41, 5.74) is 4.12. The molecule has 0 atom stereocenters. The smallest absolute Gasteiger partial charge is 0.267 e. The predicted octanol–water partition coefficient (Wildman–Crippen LogP) is 2.91. The molecule has 0 aliphatic heterocycles. The molecule has 2 aromatic heterocycles. The number of fused-ring (bicyclic) bond motifs is 1. The van der Waals surface area contributed by atoms with E-state index >= 15 is 0 Å². The van der Waals surface area contributed by atoms with E-state index in [1.54, 1.807) is 11.6 Å². The molecule has 8 heteroatoms. The minimum absolute atomic E-state index is 0.0212. The van der Waals surface area contributed by atoms with Crippen molar-refractivity contribution in [2.24, 2.45) is 0 Å². The normalized spacial score (nSPS) is 11.1. The van der Waals surface area contributed by atoms with Crippen LogP contribution in [0.4, 0.5) is 5.82 Å². The van der Waals surface area contributed by atoms with Gasteiger partial charge in [0, 0.05) is 31.8 Å². The Labute approximate surface area is 171 Å². The Morgan fingerprint density at radius 3 is 2.79 bits per heavy atom. The zero-order chi connectivity index (χ0) is 21.1. The van der Waals surface area contributed by atoms with Gasteiger partial charge in [0.05, 0.1) is 5.69 Å². The number of anilines is 1. The number of aromatic nitrogens is 2. The second kappa shape index (κ2) is 11.9. The topological polar surface area (TPSA) is 108 Å². The summed E-state index contributed by atoms with van der Waals surface area (Å²) >= 11 is 0. The highest BCUT2D eigenvalue weighted by molar-refractivity contribution is 5.90. The number of hydrogen-bond acceptors (Lipinski definition) is 5. The standard InChI is InChI=1S/C21H31N5O3/c1-3-5-6-7-8-17-21(23-13-11-19(27)22-4-2)26-14-12-16(15-18(26)24-17)9-10-20(28)25-29/h9-10,12,14-15,23,29H,3-8,11,13H2,1-2H3,(H,22,27)(H,25,28). The molecular weight excluding hydrogens is 370 g/mol. The van der Waals surface area contributed by atoms with Gasteiger partial charge in [0.1, 0.15) is 11.5 Å². The van der Waals surface area contributed by atoms with Crippen LogP contribution in [0.25, 0.3) is 11.7 Å². The number of rotatable bonds is 12. The molecule has 29 heavy (non-hydrogen) atoms. The fourth-order valence-corrected chi connectivity index (χ4v) is 3.08. The van der Waals surface area contributed by atoms with E-state index < -0.39 is 5.91 Å². The van der Waals surface area contributed by atoms with Crippen LogP contribution in [0.5, 0.6) is 0 Å². The average molecular weight is 402 g/mol. The predicted molar refractivity (Wildman–Crippen MR) is 114 cm³/mol. The van der Waals surface area contributed by atoms with Crippen LogP contribution in [-0.2, 0) is 16.0 Å². The number of pyridine rings is 1. The fraction of sp³-hybridized carbons (Fsp3) is 0.476. The van der Waals surface area contributed by atoms with Crippen molar-refractivity contribution in [2.75, 3.05) is 18.4 Å². The van der Waals surface area contributed by atoms with Crippen LogP contribution < -0.4 is 16.1 Å². The van der Waals surface area contributed by atoms with Crippen molar-refractivity contribution >= 4 is 29.4 Å². The van der Waals surface area contributed by atoms with Crippen molar-refractivity contribution in [3.63, 3.8) is 0 Å². The Bertz CT molecular complexity index is 844. The lowest BCUT2D eigenvalue weighted by Gasteiger charge is -2.09. The van der Waals surface area contributed by atoms with Gasteiger partial charge in [-0.15, -0.1) is 0 Å². The zero-order valence-corrected chi connectivity index (χ0v) is 17.2. The molecule has 0 radical (unpaired) electrons. The van der Waals surface area contributed by atoms with Crippen LogP contribution >= 0.6 is 0 Å². The van der Waals surface area contributed by atoms with Gasteiger partial charge in [0.25, 0.3) is 5.91 Å². The highest BCUT2D eigenvalue weighted by Gasteiger charge is 2.12. The first-order chi connectivity index (χ1) is 14.1. The van der Waals surface area contributed by atoms with Crippen LogP contribution in [0.1, 0.15) is 57.2 Å². The SMILES string of the molecule is CCCCCCc1nc2cc(C=CC(=O)NO)ccn2c1NCCC(=O)NCC. The largest absolute Gasteiger partial charge is 0.369 e. The summed E-state index contributed by atoms with van der Waals surface area (Å²) in [6, 6.07) is 3.75. The van der Waals surface area contributed by atoms with Crippen LogP contribution in [-0.4, -0.2) is 39.5 Å². The maximum Gasteiger partial charge on any atom is 0.267 e. The number of hydrogen-bond donors (Lipinski definition) is 4. The number of carbonyl (C=O) groups is 2. The Kier molecular flexibility index (Phi) is 9.17. The van der Waals surface area contributed by atoms with Gasteiger partial charge >= 0.3 is 0 Å². The van der Waals surface area contributed by atoms with Gasteiger partial charge in [-0.1, -0.05) is 26.2 Å². The number of carbonyl (C=O) groups excluding carboxylic acids is 2. The second-order valence-corrected chi connectivity index (χ2v) is 6.85. The minimum Gasteiger partial charge on any atom is -0.369 e. The lowest BCUT2D eigenvalue weighted by atomic mass is 10.1. The van der Waals surface area contributed by atoms with Crippen LogP contribution in [0.15, 0.2) is 24.4 Å². The van der Waals surface area contributed by atoms with Gasteiger partial charge in [-0.05, 0) is 43.5 Å². The Morgan fingerprint density at radius 1 is 1.24 bits per heavy atom.